The van der Waals surface area contributed by atoms with Crippen molar-refractivity contribution < 1.29 is 19.1 Å². The summed E-state index contributed by atoms with van der Waals surface area (Å²) >= 11 is 0. The molecule has 1 aliphatic carbocycles. The third-order valence-electron chi connectivity index (χ3n) is 9.05. The zero-order valence-corrected chi connectivity index (χ0v) is 26.0. The smallest absolute Gasteiger partial charge is 0.332 e. The third-order valence-corrected chi connectivity index (χ3v) is 9.05. The number of hydrogen-bond donors (Lipinski definition) is 2. The van der Waals surface area contributed by atoms with E-state index in [1.807, 2.05) is 66.5 Å². The van der Waals surface area contributed by atoms with Gasteiger partial charge in [-0.1, -0.05) is 54.6 Å². The quantitative estimate of drug-likeness (QED) is 0.383. The Morgan fingerprint density at radius 3 is 2.51 bits per heavy atom. The van der Waals surface area contributed by atoms with Gasteiger partial charge in [-0.05, 0) is 64.9 Å². The number of amides is 4. The first-order valence-corrected chi connectivity index (χ1v) is 15.4. The number of nitrogens with zero attached hydrogens (tertiary/aromatic N) is 4. The number of carbonyl (C=O) groups excluding carboxylic acids is 3. The van der Waals surface area contributed by atoms with Crippen LogP contribution in [-0.4, -0.2) is 84.2 Å². The van der Waals surface area contributed by atoms with Gasteiger partial charge in [-0.15, -0.1) is 0 Å². The number of urea groups is 1. The van der Waals surface area contributed by atoms with Crippen molar-refractivity contribution in [1.82, 2.24) is 25.1 Å². The maximum Gasteiger partial charge on any atom is 0.332 e. The molecule has 2 N–H and O–H groups in total. The lowest BCUT2D eigenvalue weighted by Crippen LogP contribution is -2.65. The predicted molar refractivity (Wildman–Crippen MR) is 173 cm³/mol. The molecule has 4 amide bonds. The van der Waals surface area contributed by atoms with E-state index in [0.717, 1.165) is 41.0 Å². The van der Waals surface area contributed by atoms with E-state index in [0.29, 0.717) is 26.1 Å². The van der Waals surface area contributed by atoms with Gasteiger partial charge in [-0.25, -0.2) is 4.79 Å². The summed E-state index contributed by atoms with van der Waals surface area (Å²) in [6.07, 6.45) is 6.15. The summed E-state index contributed by atoms with van der Waals surface area (Å²) in [5.74, 6) is 0.505. The number of piperazine rings is 1. The van der Waals surface area contributed by atoms with Crippen molar-refractivity contribution in [3.63, 3.8) is 0 Å². The van der Waals surface area contributed by atoms with Crippen LogP contribution in [0.3, 0.4) is 0 Å². The van der Waals surface area contributed by atoms with E-state index in [9.17, 15) is 14.4 Å². The molecule has 0 radical (unpaired) electrons. The number of fused-ring (bicyclic) bond motifs is 2. The Morgan fingerprint density at radius 1 is 1.02 bits per heavy atom. The molecule has 0 spiro atoms. The van der Waals surface area contributed by atoms with Crippen molar-refractivity contribution in [3.05, 3.63) is 101 Å². The van der Waals surface area contributed by atoms with Crippen LogP contribution >= 0.6 is 0 Å². The number of hydrazine groups is 1. The van der Waals surface area contributed by atoms with Gasteiger partial charge in [0.05, 0.1) is 20.2 Å². The molecule has 0 unspecified atom stereocenters. The molecule has 234 valence electrons. The van der Waals surface area contributed by atoms with E-state index in [4.69, 9.17) is 4.74 Å². The van der Waals surface area contributed by atoms with Crippen LogP contribution < -0.4 is 15.4 Å². The van der Waals surface area contributed by atoms with Crippen molar-refractivity contribution in [3.8, 4) is 5.75 Å². The average Bonchev–Trinajstić information content (AvgIpc) is 3.41. The summed E-state index contributed by atoms with van der Waals surface area (Å²) in [6, 6.07) is 20.7. The highest BCUT2D eigenvalue weighted by Gasteiger charge is 2.51. The van der Waals surface area contributed by atoms with Gasteiger partial charge in [0.1, 0.15) is 18.0 Å². The second kappa shape index (κ2) is 13.0. The number of rotatable bonds is 9. The topological polar surface area (TPSA) is 97.5 Å². The lowest BCUT2D eigenvalue weighted by atomic mass is 9.92. The van der Waals surface area contributed by atoms with Crippen LogP contribution in [0.4, 0.5) is 10.5 Å². The second-order valence-corrected chi connectivity index (χ2v) is 11.7. The molecule has 0 bridgehead atoms. The first-order chi connectivity index (χ1) is 21.9. The molecule has 10 nitrogen and oxygen atoms in total. The fourth-order valence-corrected chi connectivity index (χ4v) is 6.54. The van der Waals surface area contributed by atoms with Gasteiger partial charge in [-0.2, -0.15) is 5.01 Å². The Labute approximate surface area is 264 Å². The monoisotopic (exact) mass is 608 g/mol. The maximum atomic E-state index is 14.2. The Balaban J connectivity index is 1.25. The van der Waals surface area contributed by atoms with Gasteiger partial charge < -0.3 is 25.2 Å². The lowest BCUT2D eigenvalue weighted by Gasteiger charge is -2.46. The molecule has 2 heterocycles. The molecule has 3 aliphatic rings. The first-order valence-electron chi connectivity index (χ1n) is 15.4. The third kappa shape index (κ3) is 6.23. The minimum Gasteiger partial charge on any atom is -0.497 e. The van der Waals surface area contributed by atoms with Crippen LogP contribution in [-0.2, 0) is 35.5 Å². The lowest BCUT2D eigenvalue weighted by molar-refractivity contribution is -0.157. The van der Waals surface area contributed by atoms with Gasteiger partial charge in [0.2, 0.25) is 11.8 Å². The van der Waals surface area contributed by atoms with Gasteiger partial charge >= 0.3 is 6.03 Å². The molecule has 3 aromatic rings. The molecule has 3 aromatic carbocycles. The Bertz CT molecular complexity index is 1590. The van der Waals surface area contributed by atoms with Gasteiger partial charge in [-0.3, -0.25) is 14.6 Å². The number of nitrogens with one attached hydrogen (secondary N) is 2. The Kier molecular flexibility index (Phi) is 8.75. The van der Waals surface area contributed by atoms with Crippen LogP contribution in [0.15, 0.2) is 72.8 Å². The minimum atomic E-state index is -0.683. The van der Waals surface area contributed by atoms with Crippen molar-refractivity contribution in [2.75, 3.05) is 39.6 Å². The maximum absolute atomic E-state index is 14.2. The van der Waals surface area contributed by atoms with Crippen LogP contribution in [0.1, 0.15) is 34.2 Å². The fraction of sp³-hybridized carbons (Fsp3) is 0.343. The summed E-state index contributed by atoms with van der Waals surface area (Å²) in [4.78, 5) is 44.8. The number of hydrogen-bond acceptors (Lipinski definition) is 6. The number of methoxy groups -OCH3 is 1. The Hall–Kier alpha value is -4.83. The summed E-state index contributed by atoms with van der Waals surface area (Å²) in [6.45, 7) is 1.09. The van der Waals surface area contributed by atoms with Gasteiger partial charge in [0.25, 0.3) is 0 Å². The van der Waals surface area contributed by atoms with Crippen molar-refractivity contribution in [2.24, 2.45) is 0 Å². The van der Waals surface area contributed by atoms with Crippen molar-refractivity contribution in [1.29, 1.82) is 0 Å². The number of anilines is 1. The number of ether oxygens (including phenoxy) is 1. The molecular formula is C35H40N6O4. The summed E-state index contributed by atoms with van der Waals surface area (Å²) in [5.41, 5.74) is 6.45. The molecule has 45 heavy (non-hydrogen) atoms. The highest BCUT2D eigenvalue weighted by atomic mass is 16.5. The molecule has 0 aromatic heterocycles. The largest absolute Gasteiger partial charge is 0.497 e. The molecular weight excluding hydrogens is 568 g/mol. The van der Waals surface area contributed by atoms with E-state index in [1.165, 1.54) is 16.1 Å². The molecule has 2 fully saturated rings. The van der Waals surface area contributed by atoms with E-state index in [-0.39, 0.29) is 24.4 Å². The Morgan fingerprint density at radius 2 is 1.78 bits per heavy atom. The number of allylic oxidation sites excluding steroid dienone is 1. The standard InChI is InChI=1S/C35H40N6O4/c1-36-28-15-11-24(12-16-28)19-31-34(43)39(21-27-9-6-8-26-7-4-5-10-30(26)27)22-32-40(23-33(42)41(31)32)38(2)35(44)37-20-25-13-17-29(45-3)18-14-25/h4,6-9,11-18,31-32,36H,5,10,19-23H2,1-3H3,(H,37,44)/t31-,32+/m0/s1. The van der Waals surface area contributed by atoms with Gasteiger partial charge in [0.15, 0.2) is 0 Å². The summed E-state index contributed by atoms with van der Waals surface area (Å²) in [7, 11) is 5.15. The van der Waals surface area contributed by atoms with Crippen molar-refractivity contribution in [2.45, 2.75) is 44.6 Å². The van der Waals surface area contributed by atoms with Crippen molar-refractivity contribution >= 4 is 29.6 Å². The molecule has 2 aliphatic heterocycles. The molecule has 0 saturated carbocycles. The molecule has 6 rings (SSSR count). The van der Waals surface area contributed by atoms with E-state index >= 15 is 0 Å². The molecule has 2 atom stereocenters. The zero-order valence-electron chi connectivity index (χ0n) is 26.0. The predicted octanol–water partition coefficient (Wildman–Crippen LogP) is 3.88. The first kappa shape index (κ1) is 30.2. The van der Waals surface area contributed by atoms with E-state index in [1.54, 1.807) is 24.1 Å². The highest BCUT2D eigenvalue weighted by molar-refractivity contribution is 5.92. The van der Waals surface area contributed by atoms with E-state index < -0.39 is 12.2 Å². The zero-order chi connectivity index (χ0) is 31.5. The molecule has 10 heteroatoms. The highest BCUT2D eigenvalue weighted by Crippen LogP contribution is 2.31. The number of benzene rings is 3. The van der Waals surface area contributed by atoms with E-state index in [2.05, 4.69) is 34.9 Å². The van der Waals surface area contributed by atoms with Gasteiger partial charge in [0, 0.05) is 39.3 Å². The molecule has 2 saturated heterocycles. The minimum absolute atomic E-state index is 0.0129. The summed E-state index contributed by atoms with van der Waals surface area (Å²) < 4.78 is 5.23. The summed E-state index contributed by atoms with van der Waals surface area (Å²) in [5, 5.41) is 9.35. The van der Waals surface area contributed by atoms with Crippen LogP contribution in [0, 0.1) is 0 Å². The van der Waals surface area contributed by atoms with Crippen LogP contribution in [0.25, 0.3) is 6.08 Å². The normalized spacial score (nSPS) is 19.3. The SMILES string of the molecule is CNc1ccc(C[C@H]2C(=O)N(Cc3cccc4c3CCC=C4)C[C@H]3N2C(=O)CN3N(C)C(=O)NCc2ccc(OC)cc2)cc1. The fourth-order valence-electron chi connectivity index (χ4n) is 6.54. The average molecular weight is 609 g/mol. The van der Waals surface area contributed by atoms with Crippen LogP contribution in [0.2, 0.25) is 0 Å². The second-order valence-electron chi connectivity index (χ2n) is 11.7. The van der Waals surface area contributed by atoms with Crippen LogP contribution in [0.5, 0.6) is 5.75 Å². The number of carbonyl (C=O) groups is 3.